The second kappa shape index (κ2) is 7.39. The van der Waals surface area contributed by atoms with Gasteiger partial charge in [0.05, 0.1) is 29.5 Å². The third-order valence-electron chi connectivity index (χ3n) is 5.19. The molecular weight excluding hydrogens is 294 g/mol. The number of ether oxygens (including phenoxy) is 1. The van der Waals surface area contributed by atoms with Gasteiger partial charge in [-0.3, -0.25) is 9.80 Å². The van der Waals surface area contributed by atoms with Gasteiger partial charge in [0.1, 0.15) is 0 Å². The van der Waals surface area contributed by atoms with E-state index < -0.39 is 0 Å². The maximum Gasteiger partial charge on any atom is 0.0897 e. The van der Waals surface area contributed by atoms with Crippen LogP contribution in [0.3, 0.4) is 0 Å². The van der Waals surface area contributed by atoms with Gasteiger partial charge in [-0.2, -0.15) is 0 Å². The first kappa shape index (κ1) is 16.4. The van der Waals surface area contributed by atoms with Crippen LogP contribution in [-0.2, 0) is 11.3 Å². The topological polar surface area (TPSA) is 28.6 Å². The maximum absolute atomic E-state index is 6.05. The minimum atomic E-state index is 0.392. The lowest BCUT2D eigenvalue weighted by Gasteiger charge is -2.36. The fourth-order valence-corrected chi connectivity index (χ4v) is 4.38. The highest BCUT2D eigenvalue weighted by Gasteiger charge is 2.40. The SMILES string of the molecule is CCC(CC)CN1C[C@H]2OCCN(Cc3csc(C)n3)[C@H]2C1. The molecular formula is C17H29N3OS. The summed E-state index contributed by atoms with van der Waals surface area (Å²) < 4.78 is 6.05. The van der Waals surface area contributed by atoms with Crippen LogP contribution in [0.5, 0.6) is 0 Å². The molecule has 3 rings (SSSR count). The summed E-state index contributed by atoms with van der Waals surface area (Å²) >= 11 is 1.75. The Kier molecular flexibility index (Phi) is 5.50. The Hall–Kier alpha value is -0.490. The lowest BCUT2D eigenvalue weighted by atomic mass is 10.0. The van der Waals surface area contributed by atoms with Gasteiger partial charge in [0.25, 0.3) is 0 Å². The average Bonchev–Trinajstić information content (AvgIpc) is 3.11. The van der Waals surface area contributed by atoms with Gasteiger partial charge in [-0.15, -0.1) is 11.3 Å². The predicted molar refractivity (Wildman–Crippen MR) is 91.3 cm³/mol. The van der Waals surface area contributed by atoms with E-state index in [1.165, 1.54) is 30.1 Å². The van der Waals surface area contributed by atoms with Crippen molar-refractivity contribution in [2.24, 2.45) is 5.92 Å². The van der Waals surface area contributed by atoms with Crippen molar-refractivity contribution < 1.29 is 4.74 Å². The van der Waals surface area contributed by atoms with Crippen molar-refractivity contribution in [1.82, 2.24) is 14.8 Å². The molecule has 0 amide bonds. The van der Waals surface area contributed by atoms with Crippen LogP contribution in [0.25, 0.3) is 0 Å². The molecule has 0 radical (unpaired) electrons. The number of rotatable bonds is 6. The lowest BCUT2D eigenvalue weighted by Crippen LogP contribution is -2.50. The van der Waals surface area contributed by atoms with Gasteiger partial charge in [-0.25, -0.2) is 4.98 Å². The van der Waals surface area contributed by atoms with Crippen molar-refractivity contribution in [3.8, 4) is 0 Å². The summed E-state index contributed by atoms with van der Waals surface area (Å²) in [4.78, 5) is 9.85. The summed E-state index contributed by atoms with van der Waals surface area (Å²) in [6, 6.07) is 0.546. The number of hydrogen-bond acceptors (Lipinski definition) is 5. The fourth-order valence-electron chi connectivity index (χ4n) is 3.78. The van der Waals surface area contributed by atoms with E-state index in [0.29, 0.717) is 12.1 Å². The van der Waals surface area contributed by atoms with E-state index in [1.807, 2.05) is 0 Å². The quantitative estimate of drug-likeness (QED) is 0.805. The predicted octanol–water partition coefficient (Wildman–Crippen LogP) is 2.77. The Balaban J connectivity index is 1.60. The molecule has 2 aliphatic heterocycles. The van der Waals surface area contributed by atoms with Crippen LogP contribution in [0, 0.1) is 12.8 Å². The molecule has 0 spiro atoms. The van der Waals surface area contributed by atoms with E-state index in [0.717, 1.165) is 38.7 Å². The molecule has 5 heteroatoms. The van der Waals surface area contributed by atoms with Gasteiger partial charge < -0.3 is 4.74 Å². The van der Waals surface area contributed by atoms with E-state index in [2.05, 4.69) is 40.9 Å². The van der Waals surface area contributed by atoms with Gasteiger partial charge in [-0.05, 0) is 12.8 Å². The van der Waals surface area contributed by atoms with Crippen molar-refractivity contribution in [1.29, 1.82) is 0 Å². The van der Waals surface area contributed by atoms with Crippen LogP contribution in [0.2, 0.25) is 0 Å². The Bertz CT molecular complexity index is 474. The lowest BCUT2D eigenvalue weighted by molar-refractivity contribution is -0.0508. The molecule has 0 aliphatic carbocycles. The Morgan fingerprint density at radius 2 is 2.18 bits per heavy atom. The van der Waals surface area contributed by atoms with E-state index in [-0.39, 0.29) is 0 Å². The normalized spacial score (nSPS) is 26.7. The number of likely N-dealkylation sites (tertiary alicyclic amines) is 1. The van der Waals surface area contributed by atoms with E-state index in [1.54, 1.807) is 11.3 Å². The van der Waals surface area contributed by atoms with Crippen LogP contribution in [0.1, 0.15) is 37.4 Å². The minimum absolute atomic E-state index is 0.392. The Morgan fingerprint density at radius 3 is 2.86 bits per heavy atom. The highest BCUT2D eigenvalue weighted by atomic mass is 32.1. The van der Waals surface area contributed by atoms with Crippen molar-refractivity contribution in [3.05, 3.63) is 16.1 Å². The molecule has 124 valence electrons. The number of aromatic nitrogens is 1. The third kappa shape index (κ3) is 3.70. The van der Waals surface area contributed by atoms with Crippen LogP contribution < -0.4 is 0 Å². The molecule has 0 saturated carbocycles. The number of nitrogens with zero attached hydrogens (tertiary/aromatic N) is 3. The molecule has 0 unspecified atom stereocenters. The van der Waals surface area contributed by atoms with Crippen LogP contribution in [0.4, 0.5) is 0 Å². The number of morpholine rings is 1. The summed E-state index contributed by atoms with van der Waals surface area (Å²) in [6.07, 6.45) is 2.96. The fraction of sp³-hybridized carbons (Fsp3) is 0.824. The molecule has 3 heterocycles. The summed E-state index contributed by atoms with van der Waals surface area (Å²) in [7, 11) is 0. The van der Waals surface area contributed by atoms with Gasteiger partial charge in [0.15, 0.2) is 0 Å². The second-order valence-corrected chi connectivity index (χ2v) is 7.77. The molecule has 2 aliphatic rings. The van der Waals surface area contributed by atoms with E-state index in [9.17, 15) is 0 Å². The largest absolute Gasteiger partial charge is 0.374 e. The Labute approximate surface area is 138 Å². The zero-order valence-electron chi connectivity index (χ0n) is 14.1. The molecule has 22 heavy (non-hydrogen) atoms. The first-order valence-electron chi connectivity index (χ1n) is 8.68. The molecule has 2 fully saturated rings. The van der Waals surface area contributed by atoms with Gasteiger partial charge in [0.2, 0.25) is 0 Å². The summed E-state index contributed by atoms with van der Waals surface area (Å²) in [5.74, 6) is 0.829. The summed E-state index contributed by atoms with van der Waals surface area (Å²) in [5, 5.41) is 3.37. The number of fused-ring (bicyclic) bond motifs is 1. The van der Waals surface area contributed by atoms with E-state index in [4.69, 9.17) is 4.74 Å². The third-order valence-corrected chi connectivity index (χ3v) is 6.02. The van der Waals surface area contributed by atoms with Gasteiger partial charge in [0, 0.05) is 38.1 Å². The van der Waals surface area contributed by atoms with E-state index >= 15 is 0 Å². The monoisotopic (exact) mass is 323 g/mol. The number of aryl methyl sites for hydroxylation is 1. The summed E-state index contributed by atoms with van der Waals surface area (Å²) in [6.45, 7) is 13.1. The molecule has 0 bridgehead atoms. The van der Waals surface area contributed by atoms with Crippen LogP contribution in [0.15, 0.2) is 5.38 Å². The maximum atomic E-state index is 6.05. The highest BCUT2D eigenvalue weighted by Crippen LogP contribution is 2.26. The minimum Gasteiger partial charge on any atom is -0.374 e. The zero-order valence-corrected chi connectivity index (χ0v) is 14.9. The molecule has 2 saturated heterocycles. The molecule has 1 aromatic heterocycles. The van der Waals surface area contributed by atoms with Crippen molar-refractivity contribution in [2.45, 2.75) is 52.3 Å². The van der Waals surface area contributed by atoms with Crippen LogP contribution >= 0.6 is 11.3 Å². The smallest absolute Gasteiger partial charge is 0.0897 e. The average molecular weight is 324 g/mol. The Morgan fingerprint density at radius 1 is 1.36 bits per heavy atom. The van der Waals surface area contributed by atoms with Gasteiger partial charge >= 0.3 is 0 Å². The van der Waals surface area contributed by atoms with Crippen molar-refractivity contribution >= 4 is 11.3 Å². The molecule has 2 atom stereocenters. The molecule has 4 nitrogen and oxygen atoms in total. The second-order valence-electron chi connectivity index (χ2n) is 6.71. The molecule has 0 N–H and O–H groups in total. The molecule has 0 aromatic carbocycles. The van der Waals surface area contributed by atoms with Gasteiger partial charge in [-0.1, -0.05) is 26.7 Å². The number of hydrogen-bond donors (Lipinski definition) is 0. The zero-order chi connectivity index (χ0) is 15.5. The first-order chi connectivity index (χ1) is 10.7. The molecule has 1 aromatic rings. The highest BCUT2D eigenvalue weighted by molar-refractivity contribution is 7.09. The van der Waals surface area contributed by atoms with Crippen molar-refractivity contribution in [2.75, 3.05) is 32.8 Å². The number of thiazole rings is 1. The van der Waals surface area contributed by atoms with Crippen molar-refractivity contribution in [3.63, 3.8) is 0 Å². The van der Waals surface area contributed by atoms with Crippen LogP contribution in [-0.4, -0.2) is 59.7 Å². The standard InChI is InChI=1S/C17H29N3OS/c1-4-14(5-2)8-19-10-16-17(11-19)21-7-6-20(16)9-15-12-22-13(3)18-15/h12,14,16-17H,4-11H2,1-3H3/t16-,17+/m0/s1. The summed E-state index contributed by atoms with van der Waals surface area (Å²) in [5.41, 5.74) is 1.22. The first-order valence-corrected chi connectivity index (χ1v) is 9.56.